The van der Waals surface area contributed by atoms with Crippen LogP contribution in [-0.4, -0.2) is 55.4 Å². The Hall–Kier alpha value is -3.79. The summed E-state index contributed by atoms with van der Waals surface area (Å²) in [5.74, 6) is 0.507. The van der Waals surface area contributed by atoms with Crippen molar-refractivity contribution in [2.24, 2.45) is 0 Å². The molecule has 196 valence electrons. The number of thiazole rings is 1. The van der Waals surface area contributed by atoms with Crippen LogP contribution < -0.4 is 15.4 Å². The molecule has 7 nitrogen and oxygen atoms in total. The van der Waals surface area contributed by atoms with Crippen LogP contribution in [0.4, 0.5) is 20.6 Å². The van der Waals surface area contributed by atoms with Gasteiger partial charge in [0, 0.05) is 47.5 Å². The average Bonchev–Trinajstić information content (AvgIpc) is 3.44. The molecule has 0 aliphatic carbocycles. The van der Waals surface area contributed by atoms with E-state index in [4.69, 9.17) is 14.5 Å². The minimum absolute atomic E-state index is 0.353. The Balaban J connectivity index is 1.11. The Labute approximate surface area is 225 Å². The lowest BCUT2D eigenvalue weighted by atomic mass is 10.1. The maximum absolute atomic E-state index is 13.0. The molecular formula is C29H29FN4O3S. The minimum Gasteiger partial charge on any atom is -0.494 e. The molecule has 1 aliphatic heterocycles. The molecule has 1 saturated heterocycles. The van der Waals surface area contributed by atoms with Gasteiger partial charge in [-0.25, -0.2) is 14.2 Å². The second kappa shape index (κ2) is 12.6. The quantitative estimate of drug-likeness (QED) is 0.245. The molecule has 2 N–H and O–H groups in total. The van der Waals surface area contributed by atoms with Gasteiger partial charge in [0.05, 0.1) is 25.5 Å². The first-order valence-electron chi connectivity index (χ1n) is 12.6. The van der Waals surface area contributed by atoms with Crippen molar-refractivity contribution in [1.82, 2.24) is 9.88 Å². The number of nitrogens with zero attached hydrogens (tertiary/aromatic N) is 2. The number of carbonyl (C=O) groups excluding carboxylic acids is 1. The number of halogens is 1. The van der Waals surface area contributed by atoms with E-state index >= 15 is 0 Å². The maximum Gasteiger partial charge on any atom is 0.323 e. The van der Waals surface area contributed by atoms with E-state index in [1.807, 2.05) is 53.9 Å². The van der Waals surface area contributed by atoms with E-state index in [0.29, 0.717) is 18.0 Å². The molecule has 2 amide bonds. The first-order chi connectivity index (χ1) is 18.6. The van der Waals surface area contributed by atoms with Crippen LogP contribution in [0.3, 0.4) is 0 Å². The van der Waals surface area contributed by atoms with Crippen LogP contribution >= 0.6 is 11.3 Å². The van der Waals surface area contributed by atoms with Crippen LogP contribution in [-0.2, 0) is 4.74 Å². The SMILES string of the molecule is O=C(Nc1ccc(F)cc1)Nc1ccc(-c2csc(-c3ccc(OCCCN4CCOCC4)cc3)n2)cc1. The van der Waals surface area contributed by atoms with Crippen LogP contribution in [0, 0.1) is 5.82 Å². The van der Waals surface area contributed by atoms with Gasteiger partial charge in [0.25, 0.3) is 0 Å². The van der Waals surface area contributed by atoms with Gasteiger partial charge in [0.2, 0.25) is 0 Å². The largest absolute Gasteiger partial charge is 0.494 e. The molecule has 0 spiro atoms. The Morgan fingerprint density at radius 1 is 0.921 bits per heavy atom. The van der Waals surface area contributed by atoms with Crippen molar-refractivity contribution >= 4 is 28.7 Å². The van der Waals surface area contributed by atoms with Crippen molar-refractivity contribution in [1.29, 1.82) is 0 Å². The third-order valence-corrected chi connectivity index (χ3v) is 7.03. The van der Waals surface area contributed by atoms with Crippen molar-refractivity contribution in [3.8, 4) is 27.6 Å². The molecule has 1 aliphatic rings. The van der Waals surface area contributed by atoms with Gasteiger partial charge in [0.15, 0.2) is 0 Å². The number of hydrogen-bond acceptors (Lipinski definition) is 6. The van der Waals surface area contributed by atoms with E-state index in [9.17, 15) is 9.18 Å². The number of carbonyl (C=O) groups is 1. The van der Waals surface area contributed by atoms with Crippen LogP contribution in [0.25, 0.3) is 21.8 Å². The van der Waals surface area contributed by atoms with Crippen molar-refractivity contribution < 1.29 is 18.7 Å². The topological polar surface area (TPSA) is 75.7 Å². The molecular weight excluding hydrogens is 503 g/mol. The molecule has 1 aromatic heterocycles. The van der Waals surface area contributed by atoms with Gasteiger partial charge in [-0.05, 0) is 67.1 Å². The van der Waals surface area contributed by atoms with E-state index in [1.54, 1.807) is 11.3 Å². The summed E-state index contributed by atoms with van der Waals surface area (Å²) in [4.78, 5) is 19.4. The second-order valence-electron chi connectivity index (χ2n) is 8.88. The number of urea groups is 1. The molecule has 38 heavy (non-hydrogen) atoms. The summed E-state index contributed by atoms with van der Waals surface area (Å²) in [5, 5.41) is 8.40. The normalized spacial score (nSPS) is 13.7. The Kier molecular flexibility index (Phi) is 8.60. The smallest absolute Gasteiger partial charge is 0.323 e. The van der Waals surface area contributed by atoms with Crippen molar-refractivity contribution in [3.05, 3.63) is 84.0 Å². The lowest BCUT2D eigenvalue weighted by Gasteiger charge is -2.26. The molecule has 5 rings (SSSR count). The Morgan fingerprint density at radius 3 is 2.24 bits per heavy atom. The number of hydrogen-bond donors (Lipinski definition) is 2. The zero-order valence-electron chi connectivity index (χ0n) is 20.9. The standard InChI is InChI=1S/C29H29FN4O3S/c30-23-6-10-25(11-7-23)32-29(35)31-24-8-2-21(3-9-24)27-20-38-28(33-27)22-4-12-26(13-5-22)37-17-1-14-34-15-18-36-19-16-34/h2-13,20H,1,14-19H2,(H2,31,32,35). The Bertz CT molecular complexity index is 1320. The van der Waals surface area contributed by atoms with Crippen molar-refractivity contribution in [2.45, 2.75) is 6.42 Å². The van der Waals surface area contributed by atoms with Crippen LogP contribution in [0.15, 0.2) is 78.2 Å². The number of rotatable bonds is 9. The van der Waals surface area contributed by atoms with Gasteiger partial charge in [-0.15, -0.1) is 11.3 Å². The van der Waals surface area contributed by atoms with E-state index < -0.39 is 6.03 Å². The van der Waals surface area contributed by atoms with Gasteiger partial charge >= 0.3 is 6.03 Å². The highest BCUT2D eigenvalue weighted by Crippen LogP contribution is 2.30. The molecule has 9 heteroatoms. The number of ether oxygens (including phenoxy) is 2. The molecule has 1 fully saturated rings. The fraction of sp³-hybridized carbons (Fsp3) is 0.241. The summed E-state index contributed by atoms with van der Waals surface area (Å²) in [6, 6.07) is 20.7. The molecule has 0 saturated carbocycles. The third kappa shape index (κ3) is 7.16. The van der Waals surface area contributed by atoms with Crippen molar-refractivity contribution in [2.75, 3.05) is 50.1 Å². The summed E-state index contributed by atoms with van der Waals surface area (Å²) in [6.07, 6.45) is 0.991. The summed E-state index contributed by atoms with van der Waals surface area (Å²) < 4.78 is 24.3. The van der Waals surface area contributed by atoms with Gasteiger partial charge in [-0.2, -0.15) is 0 Å². The second-order valence-corrected chi connectivity index (χ2v) is 9.74. The minimum atomic E-state index is -0.398. The van der Waals surface area contributed by atoms with Gasteiger partial charge in [-0.3, -0.25) is 4.90 Å². The van der Waals surface area contributed by atoms with Crippen molar-refractivity contribution in [3.63, 3.8) is 0 Å². The highest BCUT2D eigenvalue weighted by atomic mass is 32.1. The fourth-order valence-corrected chi connectivity index (χ4v) is 4.92. The van der Waals surface area contributed by atoms with E-state index in [0.717, 1.165) is 66.8 Å². The van der Waals surface area contributed by atoms with E-state index in [1.165, 1.54) is 24.3 Å². The lowest BCUT2D eigenvalue weighted by molar-refractivity contribution is 0.0358. The first-order valence-corrected chi connectivity index (χ1v) is 13.4. The predicted molar refractivity (Wildman–Crippen MR) is 149 cm³/mol. The zero-order valence-corrected chi connectivity index (χ0v) is 21.7. The van der Waals surface area contributed by atoms with Crippen LogP contribution in [0.1, 0.15) is 6.42 Å². The molecule has 0 bridgehead atoms. The van der Waals surface area contributed by atoms with Crippen LogP contribution in [0.5, 0.6) is 5.75 Å². The predicted octanol–water partition coefficient (Wildman–Crippen LogP) is 6.36. The number of morpholine rings is 1. The number of anilines is 2. The highest BCUT2D eigenvalue weighted by Gasteiger charge is 2.10. The van der Waals surface area contributed by atoms with Gasteiger partial charge in [-0.1, -0.05) is 12.1 Å². The molecule has 0 atom stereocenters. The number of amides is 2. The number of aromatic nitrogens is 1. The third-order valence-electron chi connectivity index (χ3n) is 6.14. The fourth-order valence-electron chi connectivity index (χ4n) is 4.09. The first kappa shape index (κ1) is 25.8. The maximum atomic E-state index is 13.0. The van der Waals surface area contributed by atoms with Crippen LogP contribution in [0.2, 0.25) is 0 Å². The monoisotopic (exact) mass is 532 g/mol. The summed E-state index contributed by atoms with van der Waals surface area (Å²) in [5.41, 5.74) is 4.02. The molecule has 0 unspecified atom stereocenters. The van der Waals surface area contributed by atoms with Gasteiger partial charge in [0.1, 0.15) is 16.6 Å². The number of nitrogens with one attached hydrogen (secondary N) is 2. The molecule has 0 radical (unpaired) electrons. The summed E-state index contributed by atoms with van der Waals surface area (Å²) >= 11 is 1.58. The molecule has 2 heterocycles. The highest BCUT2D eigenvalue weighted by molar-refractivity contribution is 7.13. The van der Waals surface area contributed by atoms with E-state index in [-0.39, 0.29) is 5.82 Å². The zero-order chi connectivity index (χ0) is 26.2. The lowest BCUT2D eigenvalue weighted by Crippen LogP contribution is -2.37. The Morgan fingerprint density at radius 2 is 1.55 bits per heavy atom. The van der Waals surface area contributed by atoms with Gasteiger partial charge < -0.3 is 20.1 Å². The summed E-state index contributed by atoms with van der Waals surface area (Å²) in [7, 11) is 0. The summed E-state index contributed by atoms with van der Waals surface area (Å²) in [6.45, 7) is 5.37. The molecule has 4 aromatic rings. The average molecular weight is 533 g/mol. The van der Waals surface area contributed by atoms with E-state index in [2.05, 4.69) is 15.5 Å². The molecule has 3 aromatic carbocycles. The number of benzene rings is 3.